The van der Waals surface area contributed by atoms with E-state index in [4.69, 9.17) is 5.53 Å². The van der Waals surface area contributed by atoms with Crippen molar-refractivity contribution in [3.05, 3.63) is 10.4 Å². The highest BCUT2D eigenvalue weighted by Crippen LogP contribution is 2.35. The molecule has 13 heavy (non-hydrogen) atoms. The summed E-state index contributed by atoms with van der Waals surface area (Å²) in [5.74, 6) is 1.97. The molecule has 1 aliphatic rings. The maximum Gasteiger partial charge on any atom is 0.0407 e. The third-order valence-corrected chi connectivity index (χ3v) is 3.19. The largest absolute Gasteiger partial charge is 0.0903 e. The van der Waals surface area contributed by atoms with Crippen molar-refractivity contribution in [1.29, 1.82) is 0 Å². The molecule has 0 aromatic heterocycles. The maximum atomic E-state index is 8.46. The first-order valence-electron chi connectivity index (χ1n) is 5.19. The van der Waals surface area contributed by atoms with Crippen LogP contribution in [-0.4, -0.2) is 6.04 Å². The number of nitrogens with zero attached hydrogens (tertiary/aromatic N) is 3. The molecule has 0 amide bonds. The highest BCUT2D eigenvalue weighted by atomic mass is 15.2. The molecule has 0 aliphatic heterocycles. The van der Waals surface area contributed by atoms with Crippen LogP contribution in [0.3, 0.4) is 0 Å². The van der Waals surface area contributed by atoms with Gasteiger partial charge in [0.15, 0.2) is 0 Å². The van der Waals surface area contributed by atoms with Gasteiger partial charge in [-0.25, -0.2) is 0 Å². The molecule has 0 bridgehead atoms. The van der Waals surface area contributed by atoms with E-state index in [1.165, 1.54) is 12.8 Å². The summed E-state index contributed by atoms with van der Waals surface area (Å²) in [4.78, 5) is 2.95. The topological polar surface area (TPSA) is 48.8 Å². The molecule has 0 aromatic carbocycles. The standard InChI is InChI=1S/C10H19N3/c1-7(2)9-5-4-8(3)6-10(9)12-13-11/h7-10H,4-6H2,1-3H3/t8-,9+,10-/m1/s1. The fourth-order valence-corrected chi connectivity index (χ4v) is 2.35. The van der Waals surface area contributed by atoms with Gasteiger partial charge in [-0.15, -0.1) is 0 Å². The van der Waals surface area contributed by atoms with Crippen LogP contribution in [0.25, 0.3) is 10.4 Å². The van der Waals surface area contributed by atoms with Gasteiger partial charge in [0.1, 0.15) is 0 Å². The van der Waals surface area contributed by atoms with Crippen molar-refractivity contribution in [2.24, 2.45) is 22.9 Å². The summed E-state index contributed by atoms with van der Waals surface area (Å²) < 4.78 is 0. The van der Waals surface area contributed by atoms with Crippen molar-refractivity contribution in [2.45, 2.75) is 46.1 Å². The van der Waals surface area contributed by atoms with E-state index in [-0.39, 0.29) is 6.04 Å². The first-order chi connectivity index (χ1) is 6.15. The Bertz CT molecular complexity index is 206. The molecule has 0 saturated heterocycles. The molecule has 1 fully saturated rings. The Balaban J connectivity index is 2.65. The lowest BCUT2D eigenvalue weighted by molar-refractivity contribution is 0.199. The second-order valence-corrected chi connectivity index (χ2v) is 4.60. The van der Waals surface area contributed by atoms with Gasteiger partial charge in [0.25, 0.3) is 0 Å². The Kier molecular flexibility index (Phi) is 3.61. The Labute approximate surface area is 80.2 Å². The lowest BCUT2D eigenvalue weighted by atomic mass is 9.74. The second kappa shape index (κ2) is 4.52. The Morgan fingerprint density at radius 1 is 1.38 bits per heavy atom. The van der Waals surface area contributed by atoms with E-state index in [9.17, 15) is 0 Å². The van der Waals surface area contributed by atoms with Crippen molar-refractivity contribution in [3.63, 3.8) is 0 Å². The lowest BCUT2D eigenvalue weighted by Gasteiger charge is -2.34. The summed E-state index contributed by atoms with van der Waals surface area (Å²) in [6, 6.07) is 0.244. The number of hydrogen-bond donors (Lipinski definition) is 0. The Morgan fingerprint density at radius 2 is 2.08 bits per heavy atom. The SMILES string of the molecule is CC(C)[C@@H]1CC[C@@H](C)C[C@H]1N=[N+]=[N-]. The fraction of sp³-hybridized carbons (Fsp3) is 1.00. The van der Waals surface area contributed by atoms with Crippen molar-refractivity contribution in [3.8, 4) is 0 Å². The van der Waals surface area contributed by atoms with E-state index in [2.05, 4.69) is 30.8 Å². The second-order valence-electron chi connectivity index (χ2n) is 4.60. The van der Waals surface area contributed by atoms with Crippen LogP contribution >= 0.6 is 0 Å². The van der Waals surface area contributed by atoms with Crippen molar-refractivity contribution < 1.29 is 0 Å². The lowest BCUT2D eigenvalue weighted by Crippen LogP contribution is -2.30. The molecular formula is C10H19N3. The van der Waals surface area contributed by atoms with Gasteiger partial charge in [0, 0.05) is 11.0 Å². The van der Waals surface area contributed by atoms with Gasteiger partial charge in [-0.2, -0.15) is 0 Å². The molecule has 0 radical (unpaired) electrons. The first kappa shape index (κ1) is 10.4. The van der Waals surface area contributed by atoms with Crippen LogP contribution in [0.5, 0.6) is 0 Å². The van der Waals surface area contributed by atoms with Crippen LogP contribution in [0, 0.1) is 17.8 Å². The molecule has 3 nitrogen and oxygen atoms in total. The Hall–Kier alpha value is -0.690. The van der Waals surface area contributed by atoms with Crippen LogP contribution in [0.1, 0.15) is 40.0 Å². The number of azide groups is 1. The number of rotatable bonds is 2. The highest BCUT2D eigenvalue weighted by Gasteiger charge is 2.29. The molecule has 0 N–H and O–H groups in total. The van der Waals surface area contributed by atoms with Crippen molar-refractivity contribution in [1.82, 2.24) is 0 Å². The molecule has 3 heteroatoms. The zero-order valence-corrected chi connectivity index (χ0v) is 8.77. The van der Waals surface area contributed by atoms with E-state index in [0.717, 1.165) is 12.3 Å². The molecule has 1 aliphatic carbocycles. The predicted molar refractivity (Wildman–Crippen MR) is 54.3 cm³/mol. The Morgan fingerprint density at radius 3 is 2.62 bits per heavy atom. The van der Waals surface area contributed by atoms with E-state index >= 15 is 0 Å². The molecule has 1 saturated carbocycles. The van der Waals surface area contributed by atoms with Gasteiger partial charge in [0.2, 0.25) is 0 Å². The van der Waals surface area contributed by atoms with Crippen LogP contribution in [-0.2, 0) is 0 Å². The smallest absolute Gasteiger partial charge is 0.0407 e. The fourth-order valence-electron chi connectivity index (χ4n) is 2.35. The predicted octanol–water partition coefficient (Wildman–Crippen LogP) is 3.76. The summed E-state index contributed by atoms with van der Waals surface area (Å²) in [6.45, 7) is 6.69. The molecule has 3 atom stereocenters. The van der Waals surface area contributed by atoms with Crippen molar-refractivity contribution >= 4 is 0 Å². The highest BCUT2D eigenvalue weighted by molar-refractivity contribution is 4.85. The van der Waals surface area contributed by atoms with Crippen LogP contribution in [0.4, 0.5) is 0 Å². The summed E-state index contributed by atoms with van der Waals surface area (Å²) in [5, 5.41) is 3.92. The van der Waals surface area contributed by atoms with Gasteiger partial charge in [-0.1, -0.05) is 32.3 Å². The van der Waals surface area contributed by atoms with E-state index in [1.807, 2.05) is 0 Å². The summed E-state index contributed by atoms with van der Waals surface area (Å²) >= 11 is 0. The molecule has 74 valence electrons. The quantitative estimate of drug-likeness (QED) is 0.354. The summed E-state index contributed by atoms with van der Waals surface area (Å²) in [6.07, 6.45) is 3.59. The molecule has 0 aromatic rings. The average molecular weight is 181 g/mol. The maximum absolute atomic E-state index is 8.46. The van der Waals surface area contributed by atoms with Crippen LogP contribution in [0.15, 0.2) is 5.11 Å². The number of hydrogen-bond acceptors (Lipinski definition) is 1. The van der Waals surface area contributed by atoms with Crippen LogP contribution < -0.4 is 0 Å². The zero-order valence-electron chi connectivity index (χ0n) is 8.77. The third kappa shape index (κ3) is 2.63. The van der Waals surface area contributed by atoms with Crippen LogP contribution in [0.2, 0.25) is 0 Å². The van der Waals surface area contributed by atoms with Gasteiger partial charge < -0.3 is 0 Å². The van der Waals surface area contributed by atoms with Gasteiger partial charge in [0.05, 0.1) is 0 Å². The molecular weight excluding hydrogens is 162 g/mol. The molecule has 1 rings (SSSR count). The minimum absolute atomic E-state index is 0.244. The van der Waals surface area contributed by atoms with E-state index in [1.54, 1.807) is 0 Å². The van der Waals surface area contributed by atoms with Gasteiger partial charge in [-0.05, 0) is 36.1 Å². The van der Waals surface area contributed by atoms with E-state index in [0.29, 0.717) is 11.8 Å². The molecule has 0 unspecified atom stereocenters. The minimum atomic E-state index is 0.244. The first-order valence-corrected chi connectivity index (χ1v) is 5.19. The zero-order chi connectivity index (χ0) is 9.84. The molecule has 0 spiro atoms. The minimum Gasteiger partial charge on any atom is -0.0903 e. The summed E-state index contributed by atoms with van der Waals surface area (Å²) in [7, 11) is 0. The normalized spacial score (nSPS) is 34.3. The van der Waals surface area contributed by atoms with E-state index < -0.39 is 0 Å². The van der Waals surface area contributed by atoms with Gasteiger partial charge >= 0.3 is 0 Å². The molecule has 0 heterocycles. The summed E-state index contributed by atoms with van der Waals surface area (Å²) in [5.41, 5.74) is 8.46. The average Bonchev–Trinajstić information content (AvgIpc) is 2.04. The monoisotopic (exact) mass is 181 g/mol. The third-order valence-electron chi connectivity index (χ3n) is 3.19. The van der Waals surface area contributed by atoms with Gasteiger partial charge in [-0.3, -0.25) is 0 Å². The van der Waals surface area contributed by atoms with Crippen molar-refractivity contribution in [2.75, 3.05) is 0 Å².